The third-order valence-electron chi connectivity index (χ3n) is 4.35. The molecule has 0 spiro atoms. The first kappa shape index (κ1) is 26.4. The van der Waals surface area contributed by atoms with Crippen LogP contribution < -0.4 is 29.6 Å². The summed E-state index contributed by atoms with van der Waals surface area (Å²) in [6.45, 7) is 6.15. The maximum Gasteiger partial charge on any atom is 1.00 e. The molecule has 24 heavy (non-hydrogen) atoms. The van der Waals surface area contributed by atoms with Gasteiger partial charge in [-0.3, -0.25) is 4.79 Å². The van der Waals surface area contributed by atoms with Crippen LogP contribution in [0.1, 0.15) is 111 Å². The Morgan fingerprint density at radius 1 is 0.792 bits per heavy atom. The summed E-state index contributed by atoms with van der Waals surface area (Å²) in [7, 11) is 0. The summed E-state index contributed by atoms with van der Waals surface area (Å²) < 4.78 is 4.95. The molecule has 0 rings (SSSR count). The number of rotatable bonds is 18. The zero-order chi connectivity index (χ0) is 17.0. The second-order valence-corrected chi connectivity index (χ2v) is 6.67. The summed E-state index contributed by atoms with van der Waals surface area (Å²) in [5.74, 6) is -0.0837. The Kier molecular flexibility index (Phi) is 25.6. The Hall–Kier alpha value is 0.210. The SMILES string of the molecule is C=CCOC(=O)CCCCCCCCCCCCCCCCC.[H-].[Na+]. The van der Waals surface area contributed by atoms with Crippen molar-refractivity contribution in [2.24, 2.45) is 0 Å². The van der Waals surface area contributed by atoms with Crippen LogP contribution in [0.2, 0.25) is 0 Å². The van der Waals surface area contributed by atoms with Crippen LogP contribution in [0.3, 0.4) is 0 Å². The van der Waals surface area contributed by atoms with Gasteiger partial charge in [0, 0.05) is 6.42 Å². The molecule has 0 unspecified atom stereocenters. The molecule has 0 saturated carbocycles. The summed E-state index contributed by atoms with van der Waals surface area (Å²) in [6.07, 6.45) is 22.4. The number of unbranched alkanes of at least 4 members (excludes halogenated alkanes) is 14. The Labute approximate surface area is 175 Å². The molecule has 0 fully saturated rings. The van der Waals surface area contributed by atoms with E-state index in [1.807, 2.05) is 0 Å². The first-order valence-corrected chi connectivity index (χ1v) is 10.1. The second kappa shape index (κ2) is 23.2. The summed E-state index contributed by atoms with van der Waals surface area (Å²) in [5, 5.41) is 0. The van der Waals surface area contributed by atoms with Crippen LogP contribution >= 0.6 is 0 Å². The predicted octanol–water partition coefficient (Wildman–Crippen LogP) is 4.09. The van der Waals surface area contributed by atoms with Crippen LogP contribution in [-0.4, -0.2) is 12.6 Å². The molecule has 0 N–H and O–H groups in total. The maximum absolute atomic E-state index is 11.3. The normalized spacial score (nSPS) is 10.2. The molecular formula is C21H41NaO2. The molecule has 0 amide bonds. The Morgan fingerprint density at radius 2 is 1.17 bits per heavy atom. The van der Waals surface area contributed by atoms with E-state index in [1.165, 1.54) is 83.5 Å². The largest absolute Gasteiger partial charge is 1.00 e. The van der Waals surface area contributed by atoms with E-state index in [4.69, 9.17) is 4.74 Å². The maximum atomic E-state index is 11.3. The molecule has 0 aliphatic carbocycles. The van der Waals surface area contributed by atoms with E-state index >= 15 is 0 Å². The molecule has 2 nitrogen and oxygen atoms in total. The van der Waals surface area contributed by atoms with Gasteiger partial charge in [-0.05, 0) is 6.42 Å². The predicted molar refractivity (Wildman–Crippen MR) is 102 cm³/mol. The molecule has 0 aromatic heterocycles. The van der Waals surface area contributed by atoms with Crippen LogP contribution in [-0.2, 0) is 9.53 Å². The van der Waals surface area contributed by atoms with Gasteiger partial charge >= 0.3 is 35.5 Å². The Bertz CT molecular complexity index is 273. The van der Waals surface area contributed by atoms with Crippen molar-refractivity contribution < 1.29 is 40.5 Å². The zero-order valence-corrected chi connectivity index (χ0v) is 18.6. The molecule has 0 aliphatic rings. The first-order chi connectivity index (χ1) is 11.3. The molecule has 0 radical (unpaired) electrons. The van der Waals surface area contributed by atoms with Gasteiger partial charge in [0.1, 0.15) is 6.61 Å². The minimum Gasteiger partial charge on any atom is -1.00 e. The fraction of sp³-hybridized carbons (Fsp3) is 0.857. The van der Waals surface area contributed by atoms with Gasteiger partial charge in [0.2, 0.25) is 0 Å². The minimum absolute atomic E-state index is 0. The van der Waals surface area contributed by atoms with Crippen molar-refractivity contribution in [1.82, 2.24) is 0 Å². The zero-order valence-electron chi connectivity index (χ0n) is 17.6. The van der Waals surface area contributed by atoms with Gasteiger partial charge in [0.25, 0.3) is 0 Å². The van der Waals surface area contributed by atoms with E-state index in [2.05, 4.69) is 13.5 Å². The van der Waals surface area contributed by atoms with Crippen molar-refractivity contribution in [1.29, 1.82) is 0 Å². The van der Waals surface area contributed by atoms with Gasteiger partial charge in [-0.1, -0.05) is 109 Å². The van der Waals surface area contributed by atoms with Crippen molar-refractivity contribution in [3.05, 3.63) is 12.7 Å². The smallest absolute Gasteiger partial charge is 1.00 e. The molecule has 0 bridgehead atoms. The van der Waals surface area contributed by atoms with Crippen molar-refractivity contribution >= 4 is 5.97 Å². The van der Waals surface area contributed by atoms with Crippen molar-refractivity contribution in [3.63, 3.8) is 0 Å². The second-order valence-electron chi connectivity index (χ2n) is 6.67. The summed E-state index contributed by atoms with van der Waals surface area (Å²) >= 11 is 0. The molecule has 3 heteroatoms. The molecule has 0 aromatic carbocycles. The number of esters is 1. The fourth-order valence-corrected chi connectivity index (χ4v) is 2.86. The van der Waals surface area contributed by atoms with Gasteiger partial charge in [-0.25, -0.2) is 0 Å². The molecule has 0 saturated heterocycles. The van der Waals surface area contributed by atoms with Gasteiger partial charge in [-0.15, -0.1) is 0 Å². The number of ether oxygens (including phenoxy) is 1. The van der Waals surface area contributed by atoms with E-state index in [-0.39, 0.29) is 37.0 Å². The van der Waals surface area contributed by atoms with E-state index in [0.29, 0.717) is 13.0 Å². The average Bonchev–Trinajstić information content (AvgIpc) is 2.56. The first-order valence-electron chi connectivity index (χ1n) is 10.1. The third kappa shape index (κ3) is 22.2. The van der Waals surface area contributed by atoms with Crippen molar-refractivity contribution in [2.75, 3.05) is 6.61 Å². The number of hydrogen-bond donors (Lipinski definition) is 0. The van der Waals surface area contributed by atoms with E-state index < -0.39 is 0 Å². The summed E-state index contributed by atoms with van der Waals surface area (Å²) in [4.78, 5) is 11.3. The van der Waals surface area contributed by atoms with Crippen LogP contribution in [0.5, 0.6) is 0 Å². The van der Waals surface area contributed by atoms with E-state index in [9.17, 15) is 4.79 Å². The van der Waals surface area contributed by atoms with Crippen LogP contribution in [0.4, 0.5) is 0 Å². The van der Waals surface area contributed by atoms with Crippen LogP contribution in [0.25, 0.3) is 0 Å². The average molecular weight is 349 g/mol. The molecule has 0 heterocycles. The minimum atomic E-state index is -0.0837. The van der Waals surface area contributed by atoms with Gasteiger partial charge in [-0.2, -0.15) is 0 Å². The molecule has 0 aromatic rings. The standard InChI is InChI=1S/C21H40O2.Na.H/c1-3-5-6-7-8-9-10-11-12-13-14-15-16-17-18-19-21(22)23-20-4-2;;/h4H,2-3,5-20H2,1H3;;/q;+1;-1. The number of carbonyl (C=O) groups excluding carboxylic acids is 1. The van der Waals surface area contributed by atoms with Gasteiger partial charge in [0.15, 0.2) is 0 Å². The quantitative estimate of drug-likeness (QED) is 0.161. The fourth-order valence-electron chi connectivity index (χ4n) is 2.86. The number of carbonyl (C=O) groups is 1. The Morgan fingerprint density at radius 3 is 1.54 bits per heavy atom. The van der Waals surface area contributed by atoms with E-state index in [0.717, 1.165) is 12.8 Å². The summed E-state index contributed by atoms with van der Waals surface area (Å²) in [5.41, 5.74) is 0. The molecule has 0 aliphatic heterocycles. The molecular weight excluding hydrogens is 307 g/mol. The van der Waals surface area contributed by atoms with Crippen molar-refractivity contribution in [3.8, 4) is 0 Å². The van der Waals surface area contributed by atoms with Crippen molar-refractivity contribution in [2.45, 2.75) is 110 Å². The van der Waals surface area contributed by atoms with Gasteiger partial charge < -0.3 is 6.16 Å². The summed E-state index contributed by atoms with van der Waals surface area (Å²) in [6, 6.07) is 0. The van der Waals surface area contributed by atoms with Gasteiger partial charge in [0.05, 0.1) is 0 Å². The molecule has 0 atom stereocenters. The monoisotopic (exact) mass is 348 g/mol. The third-order valence-corrected chi connectivity index (χ3v) is 4.35. The topological polar surface area (TPSA) is 26.3 Å². The molecule has 138 valence electrons. The number of hydrogen-bond acceptors (Lipinski definition) is 2. The van der Waals surface area contributed by atoms with Crippen LogP contribution in [0, 0.1) is 0 Å². The van der Waals surface area contributed by atoms with Crippen LogP contribution in [0.15, 0.2) is 12.7 Å². The Balaban J connectivity index is -0.00000242. The van der Waals surface area contributed by atoms with E-state index in [1.54, 1.807) is 6.08 Å².